The van der Waals surface area contributed by atoms with Crippen molar-refractivity contribution in [2.75, 3.05) is 13.2 Å². The van der Waals surface area contributed by atoms with E-state index in [2.05, 4.69) is 93.7 Å². The highest BCUT2D eigenvalue weighted by molar-refractivity contribution is 5.71. The Morgan fingerprint density at radius 3 is 1.11 bits per heavy atom. The number of esters is 3. The van der Waals surface area contributed by atoms with Crippen LogP contribution in [-0.2, 0) is 28.6 Å². The molecule has 0 fully saturated rings. The Kier molecular flexibility index (Phi) is 50.5. The van der Waals surface area contributed by atoms with E-state index in [1.165, 1.54) is 83.5 Å². The Morgan fingerprint density at radius 1 is 0.333 bits per heavy atom. The number of carbonyl (C=O) groups is 3. The maximum atomic E-state index is 12.8. The maximum Gasteiger partial charge on any atom is 0.306 e. The Hall–Kier alpha value is -3.93. The predicted molar refractivity (Wildman–Crippen MR) is 283 cm³/mol. The molecular formula is C60H98O6. The average molecular weight is 915 g/mol. The summed E-state index contributed by atoms with van der Waals surface area (Å²) in [6.07, 6.45) is 72.2. The van der Waals surface area contributed by atoms with Crippen molar-refractivity contribution < 1.29 is 28.6 Å². The molecule has 0 aromatic carbocycles. The fourth-order valence-corrected chi connectivity index (χ4v) is 7.13. The minimum atomic E-state index is -0.808. The van der Waals surface area contributed by atoms with Gasteiger partial charge in [0.25, 0.3) is 0 Å². The molecule has 0 bridgehead atoms. The Morgan fingerprint density at radius 2 is 0.667 bits per heavy atom. The van der Waals surface area contributed by atoms with Crippen LogP contribution in [0.1, 0.15) is 233 Å². The van der Waals surface area contributed by atoms with E-state index < -0.39 is 6.10 Å². The summed E-state index contributed by atoms with van der Waals surface area (Å²) in [6, 6.07) is 0. The third kappa shape index (κ3) is 51.1. The summed E-state index contributed by atoms with van der Waals surface area (Å²) < 4.78 is 16.8. The Balaban J connectivity index is 4.49. The SMILES string of the molecule is CC\C=C/C=C\C=C/C=C\CCCCCC(=O)OCC(COC(=O)CCCCC/C=C\C/C=C\C/C=C\C/C=C\C/C=C\CC)OC(=O)CCCCCCCCCCCCCCCCCC. The monoisotopic (exact) mass is 915 g/mol. The maximum absolute atomic E-state index is 12.8. The first-order valence-corrected chi connectivity index (χ1v) is 26.9. The number of carbonyl (C=O) groups excluding carboxylic acids is 3. The average Bonchev–Trinajstić information content (AvgIpc) is 3.31. The molecule has 0 aliphatic carbocycles. The van der Waals surface area contributed by atoms with Gasteiger partial charge in [0.2, 0.25) is 0 Å². The van der Waals surface area contributed by atoms with Crippen molar-refractivity contribution in [3.05, 3.63) is 109 Å². The van der Waals surface area contributed by atoms with Crippen LogP contribution in [0.2, 0.25) is 0 Å². The van der Waals surface area contributed by atoms with Crippen molar-refractivity contribution in [1.29, 1.82) is 0 Å². The zero-order valence-electron chi connectivity index (χ0n) is 42.7. The van der Waals surface area contributed by atoms with Gasteiger partial charge in [-0.15, -0.1) is 0 Å². The van der Waals surface area contributed by atoms with Crippen LogP contribution in [0.5, 0.6) is 0 Å². The van der Waals surface area contributed by atoms with Gasteiger partial charge < -0.3 is 14.2 Å². The predicted octanol–water partition coefficient (Wildman–Crippen LogP) is 17.9. The minimum absolute atomic E-state index is 0.108. The van der Waals surface area contributed by atoms with Crippen LogP contribution >= 0.6 is 0 Å². The van der Waals surface area contributed by atoms with Gasteiger partial charge in [-0.1, -0.05) is 239 Å². The van der Waals surface area contributed by atoms with E-state index in [9.17, 15) is 14.4 Å². The number of hydrogen-bond acceptors (Lipinski definition) is 6. The first kappa shape index (κ1) is 62.1. The molecule has 0 amide bonds. The van der Waals surface area contributed by atoms with Crippen molar-refractivity contribution >= 4 is 17.9 Å². The van der Waals surface area contributed by atoms with Crippen molar-refractivity contribution in [3.63, 3.8) is 0 Å². The quantitative estimate of drug-likeness (QED) is 0.0199. The van der Waals surface area contributed by atoms with Crippen LogP contribution in [0.15, 0.2) is 109 Å². The van der Waals surface area contributed by atoms with Gasteiger partial charge in [-0.25, -0.2) is 0 Å². The van der Waals surface area contributed by atoms with Crippen LogP contribution in [-0.4, -0.2) is 37.2 Å². The molecule has 0 aromatic heterocycles. The first-order valence-electron chi connectivity index (χ1n) is 26.9. The molecule has 6 nitrogen and oxygen atoms in total. The van der Waals surface area contributed by atoms with Crippen molar-refractivity contribution in [1.82, 2.24) is 0 Å². The standard InChI is InChI=1S/C60H98O6/c1-4-7-10-13-16-19-22-25-27-29-30-31-33-35-38-41-44-47-50-53-59(62)65-56-57(55-64-58(61)52-49-46-43-40-37-34-24-21-18-15-12-9-6-3)66-60(63)54-51-48-45-42-39-36-32-28-26-23-20-17-14-11-8-5-2/h7,9-10,12,15-16,18-19,21,24-25,27,30-31,34-35,37-38,57H,4-6,8,11,13-14,17,20,22-23,26,28-29,32-33,36,39-56H2,1-3H3/b10-7-,12-9-,18-15-,19-16-,24-21-,27-25-,31-30-,37-34-,38-35-. The summed E-state index contributed by atoms with van der Waals surface area (Å²) in [4.78, 5) is 38.0. The molecule has 0 N–H and O–H groups in total. The van der Waals surface area contributed by atoms with Crippen LogP contribution in [0.3, 0.4) is 0 Å². The summed E-state index contributed by atoms with van der Waals surface area (Å²) in [5, 5.41) is 0. The fraction of sp³-hybridized carbons (Fsp3) is 0.650. The van der Waals surface area contributed by atoms with Gasteiger partial charge >= 0.3 is 17.9 Å². The summed E-state index contributed by atoms with van der Waals surface area (Å²) in [7, 11) is 0. The van der Waals surface area contributed by atoms with Crippen molar-refractivity contribution in [2.45, 2.75) is 239 Å². The van der Waals surface area contributed by atoms with Gasteiger partial charge in [0.1, 0.15) is 13.2 Å². The first-order chi connectivity index (χ1) is 32.5. The van der Waals surface area contributed by atoms with Gasteiger partial charge in [-0.05, 0) is 83.5 Å². The van der Waals surface area contributed by atoms with Crippen LogP contribution in [0, 0.1) is 0 Å². The molecule has 374 valence electrons. The molecule has 6 heteroatoms. The van der Waals surface area contributed by atoms with E-state index in [1.807, 2.05) is 36.5 Å². The third-order valence-corrected chi connectivity index (χ3v) is 11.1. The molecule has 0 spiro atoms. The Bertz CT molecular complexity index is 1370. The molecule has 1 atom stereocenters. The van der Waals surface area contributed by atoms with Crippen LogP contribution in [0.4, 0.5) is 0 Å². The Labute approximate surface area is 406 Å². The van der Waals surface area contributed by atoms with E-state index >= 15 is 0 Å². The molecule has 0 radical (unpaired) electrons. The summed E-state index contributed by atoms with van der Waals surface area (Å²) >= 11 is 0. The highest BCUT2D eigenvalue weighted by Crippen LogP contribution is 2.15. The lowest BCUT2D eigenvalue weighted by atomic mass is 10.0. The van der Waals surface area contributed by atoms with E-state index in [-0.39, 0.29) is 31.1 Å². The smallest absolute Gasteiger partial charge is 0.306 e. The highest BCUT2D eigenvalue weighted by Gasteiger charge is 2.19. The van der Waals surface area contributed by atoms with Gasteiger partial charge in [-0.2, -0.15) is 0 Å². The molecule has 0 heterocycles. The molecule has 0 saturated carbocycles. The van der Waals surface area contributed by atoms with E-state index in [4.69, 9.17) is 14.2 Å². The van der Waals surface area contributed by atoms with Crippen molar-refractivity contribution in [3.8, 4) is 0 Å². The van der Waals surface area contributed by atoms with Gasteiger partial charge in [0.15, 0.2) is 6.10 Å². The van der Waals surface area contributed by atoms with Crippen molar-refractivity contribution in [2.24, 2.45) is 0 Å². The van der Waals surface area contributed by atoms with Crippen LogP contribution in [0.25, 0.3) is 0 Å². The molecule has 0 aliphatic heterocycles. The molecular weight excluding hydrogens is 817 g/mol. The van der Waals surface area contributed by atoms with E-state index in [1.54, 1.807) is 0 Å². The lowest BCUT2D eigenvalue weighted by molar-refractivity contribution is -0.167. The zero-order chi connectivity index (χ0) is 47.9. The fourth-order valence-electron chi connectivity index (χ4n) is 7.13. The second-order valence-electron chi connectivity index (χ2n) is 17.5. The van der Waals surface area contributed by atoms with Crippen LogP contribution < -0.4 is 0 Å². The number of hydrogen-bond donors (Lipinski definition) is 0. The zero-order valence-corrected chi connectivity index (χ0v) is 42.7. The second kappa shape index (κ2) is 53.7. The van der Waals surface area contributed by atoms with E-state index in [0.717, 1.165) is 109 Å². The molecule has 0 rings (SSSR count). The second-order valence-corrected chi connectivity index (χ2v) is 17.5. The number of rotatable bonds is 47. The number of allylic oxidation sites excluding steroid dienone is 18. The molecule has 66 heavy (non-hydrogen) atoms. The van der Waals surface area contributed by atoms with E-state index in [0.29, 0.717) is 19.3 Å². The lowest BCUT2D eigenvalue weighted by Crippen LogP contribution is -2.30. The van der Waals surface area contributed by atoms with Gasteiger partial charge in [0.05, 0.1) is 0 Å². The topological polar surface area (TPSA) is 78.9 Å². The number of ether oxygens (including phenoxy) is 3. The molecule has 0 saturated heterocycles. The largest absolute Gasteiger partial charge is 0.462 e. The summed E-state index contributed by atoms with van der Waals surface area (Å²) in [6.45, 7) is 6.32. The number of unbranched alkanes of at least 4 members (excludes halogenated alkanes) is 21. The normalized spacial score (nSPS) is 13.0. The summed E-state index contributed by atoms with van der Waals surface area (Å²) in [5.74, 6) is -0.977. The summed E-state index contributed by atoms with van der Waals surface area (Å²) in [5.41, 5.74) is 0. The lowest BCUT2D eigenvalue weighted by Gasteiger charge is -2.18. The minimum Gasteiger partial charge on any atom is -0.462 e. The van der Waals surface area contributed by atoms with Gasteiger partial charge in [0, 0.05) is 19.3 Å². The molecule has 0 aromatic rings. The van der Waals surface area contributed by atoms with Gasteiger partial charge in [-0.3, -0.25) is 14.4 Å². The molecule has 0 aliphatic rings. The third-order valence-electron chi connectivity index (χ3n) is 11.1. The highest BCUT2D eigenvalue weighted by atomic mass is 16.6. The molecule has 1 unspecified atom stereocenters.